The van der Waals surface area contributed by atoms with Gasteiger partial charge in [0.15, 0.2) is 0 Å². The monoisotopic (exact) mass is 392 g/mol. The fourth-order valence-electron chi connectivity index (χ4n) is 2.87. The molecule has 3 rings (SSSR count). The highest BCUT2D eigenvalue weighted by atomic mass is 16.5. The maximum atomic E-state index is 12.5. The Labute approximate surface area is 170 Å². The second kappa shape index (κ2) is 10.1. The van der Waals surface area contributed by atoms with Gasteiger partial charge in [0.1, 0.15) is 23.9 Å². The summed E-state index contributed by atoms with van der Waals surface area (Å²) in [6, 6.07) is 16.5. The van der Waals surface area contributed by atoms with Crippen molar-refractivity contribution in [1.29, 1.82) is 0 Å². The number of hydrogen-bond donors (Lipinski definition) is 1. The third-order valence-electron chi connectivity index (χ3n) is 4.39. The van der Waals surface area contributed by atoms with Crippen molar-refractivity contribution in [2.75, 3.05) is 20.8 Å². The Morgan fingerprint density at radius 3 is 2.66 bits per heavy atom. The molecule has 6 nitrogen and oxygen atoms in total. The lowest BCUT2D eigenvalue weighted by Crippen LogP contribution is -2.25. The van der Waals surface area contributed by atoms with Gasteiger partial charge in [0.25, 0.3) is 5.91 Å². The van der Waals surface area contributed by atoms with Gasteiger partial charge in [-0.1, -0.05) is 12.1 Å². The van der Waals surface area contributed by atoms with E-state index in [4.69, 9.17) is 14.2 Å². The fourth-order valence-corrected chi connectivity index (χ4v) is 2.87. The lowest BCUT2D eigenvalue weighted by Gasteiger charge is -2.12. The largest absolute Gasteiger partial charge is 0.497 e. The Kier molecular flexibility index (Phi) is 7.05. The molecule has 0 radical (unpaired) electrons. The molecule has 1 N–H and O–H groups in total. The molecule has 1 heterocycles. The van der Waals surface area contributed by atoms with E-state index in [9.17, 15) is 4.79 Å². The van der Waals surface area contributed by atoms with Gasteiger partial charge >= 0.3 is 0 Å². The molecule has 29 heavy (non-hydrogen) atoms. The summed E-state index contributed by atoms with van der Waals surface area (Å²) in [5, 5.41) is 2.94. The topological polar surface area (TPSA) is 69.7 Å². The Morgan fingerprint density at radius 2 is 1.90 bits per heavy atom. The van der Waals surface area contributed by atoms with Crippen LogP contribution in [0.25, 0.3) is 0 Å². The number of pyridine rings is 1. The summed E-state index contributed by atoms with van der Waals surface area (Å²) in [6.45, 7) is 0.873. The Bertz CT molecular complexity index is 945. The third-order valence-corrected chi connectivity index (χ3v) is 4.39. The SMILES string of the molecule is COc1ccc(OC)c(CCNC(=O)c2cccc(OCc3cccnc3)c2)c1. The Hall–Kier alpha value is -3.54. The van der Waals surface area contributed by atoms with Gasteiger partial charge < -0.3 is 19.5 Å². The summed E-state index contributed by atoms with van der Waals surface area (Å²) in [5.74, 6) is 2.01. The van der Waals surface area contributed by atoms with Crippen LogP contribution in [0.2, 0.25) is 0 Å². The molecule has 0 saturated heterocycles. The quantitative estimate of drug-likeness (QED) is 0.602. The molecular formula is C23H24N2O4. The van der Waals surface area contributed by atoms with Gasteiger partial charge in [0.2, 0.25) is 0 Å². The first-order chi connectivity index (χ1) is 14.2. The summed E-state index contributed by atoms with van der Waals surface area (Å²) < 4.78 is 16.4. The van der Waals surface area contributed by atoms with Crippen LogP contribution in [0.3, 0.4) is 0 Å². The number of methoxy groups -OCH3 is 2. The first kappa shape index (κ1) is 20.2. The number of carbonyl (C=O) groups is 1. The van der Waals surface area contributed by atoms with E-state index >= 15 is 0 Å². The maximum Gasteiger partial charge on any atom is 0.251 e. The minimum atomic E-state index is -0.154. The number of ether oxygens (including phenoxy) is 3. The first-order valence-electron chi connectivity index (χ1n) is 9.30. The summed E-state index contributed by atoms with van der Waals surface area (Å²) in [4.78, 5) is 16.6. The van der Waals surface area contributed by atoms with Crippen LogP contribution in [0, 0.1) is 0 Å². The van der Waals surface area contributed by atoms with Crippen LogP contribution in [0.4, 0.5) is 0 Å². The molecule has 0 aliphatic heterocycles. The smallest absolute Gasteiger partial charge is 0.251 e. The summed E-state index contributed by atoms with van der Waals surface area (Å²) in [7, 11) is 3.25. The molecule has 3 aromatic rings. The van der Waals surface area contributed by atoms with Gasteiger partial charge in [-0.15, -0.1) is 0 Å². The van der Waals surface area contributed by atoms with Gasteiger partial charge in [0, 0.05) is 30.1 Å². The second-order valence-electron chi connectivity index (χ2n) is 6.36. The van der Waals surface area contributed by atoms with E-state index < -0.39 is 0 Å². The summed E-state index contributed by atoms with van der Waals surface area (Å²) in [5.41, 5.74) is 2.49. The van der Waals surface area contributed by atoms with Crippen LogP contribution >= 0.6 is 0 Å². The zero-order chi connectivity index (χ0) is 20.5. The molecule has 0 aliphatic carbocycles. The fraction of sp³-hybridized carbons (Fsp3) is 0.217. The molecule has 2 aromatic carbocycles. The molecule has 0 atom stereocenters. The van der Waals surface area contributed by atoms with Crippen molar-refractivity contribution in [2.45, 2.75) is 13.0 Å². The zero-order valence-corrected chi connectivity index (χ0v) is 16.6. The maximum absolute atomic E-state index is 12.5. The number of nitrogens with one attached hydrogen (secondary N) is 1. The zero-order valence-electron chi connectivity index (χ0n) is 16.6. The Balaban J connectivity index is 1.56. The number of benzene rings is 2. The molecule has 150 valence electrons. The summed E-state index contributed by atoms with van der Waals surface area (Å²) >= 11 is 0. The Morgan fingerprint density at radius 1 is 1.00 bits per heavy atom. The minimum Gasteiger partial charge on any atom is -0.497 e. The second-order valence-corrected chi connectivity index (χ2v) is 6.36. The molecule has 0 aliphatic rings. The van der Waals surface area contributed by atoms with Gasteiger partial charge in [-0.05, 0) is 54.4 Å². The third kappa shape index (κ3) is 5.72. The van der Waals surface area contributed by atoms with E-state index in [1.54, 1.807) is 44.8 Å². The highest BCUT2D eigenvalue weighted by Crippen LogP contribution is 2.24. The van der Waals surface area contributed by atoms with Crippen LogP contribution in [0.1, 0.15) is 21.5 Å². The van der Waals surface area contributed by atoms with Crippen molar-refractivity contribution in [1.82, 2.24) is 10.3 Å². The summed E-state index contributed by atoms with van der Waals surface area (Å²) in [6.07, 6.45) is 4.10. The molecule has 0 saturated carbocycles. The standard InChI is InChI=1S/C23H24N2O4/c1-27-20-8-9-22(28-2)18(13-20)10-12-25-23(26)19-6-3-7-21(14-19)29-16-17-5-4-11-24-15-17/h3-9,11,13-15H,10,12,16H2,1-2H3,(H,25,26). The number of nitrogens with zero attached hydrogens (tertiary/aromatic N) is 1. The minimum absolute atomic E-state index is 0.154. The predicted molar refractivity (Wildman–Crippen MR) is 111 cm³/mol. The number of hydrogen-bond acceptors (Lipinski definition) is 5. The van der Waals surface area contributed by atoms with E-state index in [-0.39, 0.29) is 5.91 Å². The number of rotatable bonds is 9. The van der Waals surface area contributed by atoms with Gasteiger partial charge in [-0.25, -0.2) is 0 Å². The van der Waals surface area contributed by atoms with Crippen molar-refractivity contribution in [3.63, 3.8) is 0 Å². The lowest BCUT2D eigenvalue weighted by molar-refractivity contribution is 0.0953. The van der Waals surface area contributed by atoms with Crippen molar-refractivity contribution in [2.24, 2.45) is 0 Å². The normalized spacial score (nSPS) is 10.3. The number of carbonyl (C=O) groups excluding carboxylic acids is 1. The number of aromatic nitrogens is 1. The molecule has 0 bridgehead atoms. The lowest BCUT2D eigenvalue weighted by atomic mass is 10.1. The van der Waals surface area contributed by atoms with E-state index in [0.29, 0.717) is 30.9 Å². The molecule has 0 fully saturated rings. The number of amides is 1. The highest BCUT2D eigenvalue weighted by molar-refractivity contribution is 5.94. The van der Waals surface area contributed by atoms with Crippen molar-refractivity contribution in [3.05, 3.63) is 83.7 Å². The van der Waals surface area contributed by atoms with E-state index in [1.165, 1.54) is 0 Å². The van der Waals surface area contributed by atoms with Crippen LogP contribution in [-0.4, -0.2) is 31.7 Å². The molecule has 6 heteroatoms. The predicted octanol–water partition coefficient (Wildman–Crippen LogP) is 3.65. The van der Waals surface area contributed by atoms with Crippen LogP contribution in [0.15, 0.2) is 67.0 Å². The van der Waals surface area contributed by atoms with Crippen molar-refractivity contribution >= 4 is 5.91 Å². The molecule has 1 aromatic heterocycles. The average molecular weight is 392 g/mol. The van der Waals surface area contributed by atoms with Crippen LogP contribution < -0.4 is 19.5 Å². The van der Waals surface area contributed by atoms with Gasteiger partial charge in [-0.2, -0.15) is 0 Å². The first-order valence-corrected chi connectivity index (χ1v) is 9.30. The van der Waals surface area contributed by atoms with Crippen LogP contribution in [-0.2, 0) is 13.0 Å². The van der Waals surface area contributed by atoms with E-state index in [2.05, 4.69) is 10.3 Å². The van der Waals surface area contributed by atoms with Crippen molar-refractivity contribution < 1.29 is 19.0 Å². The van der Waals surface area contributed by atoms with E-state index in [0.717, 1.165) is 22.6 Å². The average Bonchev–Trinajstić information content (AvgIpc) is 2.78. The van der Waals surface area contributed by atoms with E-state index in [1.807, 2.05) is 36.4 Å². The molecule has 1 amide bonds. The van der Waals surface area contributed by atoms with Crippen LogP contribution in [0.5, 0.6) is 17.2 Å². The van der Waals surface area contributed by atoms with Gasteiger partial charge in [-0.3, -0.25) is 9.78 Å². The highest BCUT2D eigenvalue weighted by Gasteiger charge is 2.09. The molecule has 0 unspecified atom stereocenters. The molecule has 0 spiro atoms. The van der Waals surface area contributed by atoms with Crippen molar-refractivity contribution in [3.8, 4) is 17.2 Å². The van der Waals surface area contributed by atoms with Gasteiger partial charge in [0.05, 0.1) is 14.2 Å². The molecular weight excluding hydrogens is 368 g/mol.